The highest BCUT2D eigenvalue weighted by Crippen LogP contribution is 2.11. The standard InChI is InChI=1S/C11H15IN2O2/c1-11(2,3)16-10(15)14-9-5-4-8(6-12)7-13-9/h4-5,7H,6H2,1-3H3,(H,13,14,15). The van der Waals surface area contributed by atoms with Gasteiger partial charge in [0.25, 0.3) is 0 Å². The molecule has 88 valence electrons. The Hall–Kier alpha value is -0.850. The lowest BCUT2D eigenvalue weighted by atomic mass is 10.2. The van der Waals surface area contributed by atoms with Crippen LogP contribution in [0.5, 0.6) is 0 Å². The number of carbonyl (C=O) groups is 1. The van der Waals surface area contributed by atoms with Gasteiger partial charge in [-0.25, -0.2) is 9.78 Å². The number of hydrogen-bond donors (Lipinski definition) is 1. The van der Waals surface area contributed by atoms with Gasteiger partial charge >= 0.3 is 6.09 Å². The number of hydrogen-bond acceptors (Lipinski definition) is 3. The number of alkyl halides is 1. The molecule has 0 aromatic carbocycles. The van der Waals surface area contributed by atoms with Crippen LogP contribution in [0.4, 0.5) is 10.6 Å². The highest BCUT2D eigenvalue weighted by Gasteiger charge is 2.16. The maximum atomic E-state index is 11.4. The molecule has 4 nitrogen and oxygen atoms in total. The third-order valence-electron chi connectivity index (χ3n) is 1.61. The van der Waals surface area contributed by atoms with E-state index >= 15 is 0 Å². The maximum absolute atomic E-state index is 11.4. The van der Waals surface area contributed by atoms with Gasteiger partial charge in [-0.2, -0.15) is 0 Å². The Morgan fingerprint density at radius 2 is 2.19 bits per heavy atom. The van der Waals surface area contributed by atoms with Crippen molar-refractivity contribution in [3.63, 3.8) is 0 Å². The summed E-state index contributed by atoms with van der Waals surface area (Å²) in [6.07, 6.45) is 1.25. The van der Waals surface area contributed by atoms with E-state index in [2.05, 4.69) is 32.9 Å². The summed E-state index contributed by atoms with van der Waals surface area (Å²) >= 11 is 2.26. The van der Waals surface area contributed by atoms with Gasteiger partial charge in [-0.15, -0.1) is 0 Å². The fraction of sp³-hybridized carbons (Fsp3) is 0.455. The van der Waals surface area contributed by atoms with Crippen molar-refractivity contribution in [2.75, 3.05) is 5.32 Å². The van der Waals surface area contributed by atoms with Crippen LogP contribution >= 0.6 is 22.6 Å². The topological polar surface area (TPSA) is 51.2 Å². The Bertz CT molecular complexity index is 357. The fourth-order valence-electron chi connectivity index (χ4n) is 0.986. The number of rotatable bonds is 2. The highest BCUT2D eigenvalue weighted by molar-refractivity contribution is 14.1. The molecule has 0 atom stereocenters. The molecule has 0 saturated carbocycles. The number of halogens is 1. The zero-order chi connectivity index (χ0) is 12.2. The molecule has 1 amide bonds. The molecule has 1 aromatic heterocycles. The molecule has 0 unspecified atom stereocenters. The molecule has 0 aliphatic heterocycles. The van der Waals surface area contributed by atoms with Crippen LogP contribution in [0.15, 0.2) is 18.3 Å². The van der Waals surface area contributed by atoms with E-state index < -0.39 is 11.7 Å². The van der Waals surface area contributed by atoms with Gasteiger partial charge in [0.15, 0.2) is 0 Å². The molecule has 0 fully saturated rings. The second-order valence-electron chi connectivity index (χ2n) is 4.31. The molecule has 0 aliphatic carbocycles. The quantitative estimate of drug-likeness (QED) is 0.666. The van der Waals surface area contributed by atoms with Gasteiger partial charge in [0.2, 0.25) is 0 Å². The van der Waals surface area contributed by atoms with Crippen molar-refractivity contribution in [1.29, 1.82) is 0 Å². The van der Waals surface area contributed by atoms with Gasteiger partial charge in [0, 0.05) is 10.6 Å². The van der Waals surface area contributed by atoms with Crippen LogP contribution < -0.4 is 5.32 Å². The molecule has 1 N–H and O–H groups in total. The number of nitrogens with one attached hydrogen (secondary N) is 1. The molecule has 0 radical (unpaired) electrons. The Morgan fingerprint density at radius 3 is 2.62 bits per heavy atom. The van der Waals surface area contributed by atoms with Crippen LogP contribution in [0.3, 0.4) is 0 Å². The van der Waals surface area contributed by atoms with E-state index in [0.29, 0.717) is 5.82 Å². The molecule has 5 heteroatoms. The SMILES string of the molecule is CC(C)(C)OC(=O)Nc1ccc(CI)cn1. The lowest BCUT2D eigenvalue weighted by Crippen LogP contribution is -2.27. The van der Waals surface area contributed by atoms with Crippen LogP contribution in [0.25, 0.3) is 0 Å². The van der Waals surface area contributed by atoms with Crippen molar-refractivity contribution in [3.05, 3.63) is 23.9 Å². The lowest BCUT2D eigenvalue weighted by Gasteiger charge is -2.19. The van der Waals surface area contributed by atoms with E-state index in [1.54, 1.807) is 12.3 Å². The third kappa shape index (κ3) is 4.78. The van der Waals surface area contributed by atoms with Gasteiger partial charge in [-0.1, -0.05) is 28.7 Å². The Labute approximate surface area is 109 Å². The number of anilines is 1. The summed E-state index contributed by atoms with van der Waals surface area (Å²) in [5.74, 6) is 0.503. The van der Waals surface area contributed by atoms with Crippen molar-refractivity contribution in [3.8, 4) is 0 Å². The van der Waals surface area contributed by atoms with Crippen LogP contribution in [0.2, 0.25) is 0 Å². The molecule has 0 bridgehead atoms. The van der Waals surface area contributed by atoms with Crippen molar-refractivity contribution >= 4 is 34.5 Å². The number of pyridine rings is 1. The average molecular weight is 334 g/mol. The summed E-state index contributed by atoms with van der Waals surface area (Å²) in [5, 5.41) is 2.58. The molecule has 1 rings (SSSR count). The smallest absolute Gasteiger partial charge is 0.413 e. The van der Waals surface area contributed by atoms with E-state index in [0.717, 1.165) is 9.99 Å². The van der Waals surface area contributed by atoms with Crippen molar-refractivity contribution in [1.82, 2.24) is 4.98 Å². The Balaban J connectivity index is 2.56. The molecule has 0 aliphatic rings. The molecule has 1 heterocycles. The van der Waals surface area contributed by atoms with Crippen molar-refractivity contribution < 1.29 is 9.53 Å². The molecule has 1 aromatic rings. The summed E-state index contributed by atoms with van der Waals surface area (Å²) in [5.41, 5.74) is 0.627. The molecule has 0 saturated heterocycles. The Morgan fingerprint density at radius 1 is 1.50 bits per heavy atom. The van der Waals surface area contributed by atoms with E-state index in [1.165, 1.54) is 0 Å². The van der Waals surface area contributed by atoms with Crippen LogP contribution in [0, 0.1) is 0 Å². The zero-order valence-electron chi connectivity index (χ0n) is 9.58. The predicted molar refractivity (Wildman–Crippen MR) is 71.8 cm³/mol. The van der Waals surface area contributed by atoms with E-state index in [4.69, 9.17) is 4.74 Å². The first-order chi connectivity index (χ1) is 7.40. The monoisotopic (exact) mass is 334 g/mol. The summed E-state index contributed by atoms with van der Waals surface area (Å²) in [6, 6.07) is 3.68. The summed E-state index contributed by atoms with van der Waals surface area (Å²) in [4.78, 5) is 15.5. The minimum atomic E-state index is -0.494. The molecular formula is C11H15IN2O2. The summed E-state index contributed by atoms with van der Waals surface area (Å²) in [6.45, 7) is 5.46. The number of ether oxygens (including phenoxy) is 1. The predicted octanol–water partition coefficient (Wildman–Crippen LogP) is 3.36. The van der Waals surface area contributed by atoms with Gasteiger partial charge in [0.05, 0.1) is 0 Å². The highest BCUT2D eigenvalue weighted by atomic mass is 127. The number of aromatic nitrogens is 1. The van der Waals surface area contributed by atoms with Gasteiger partial charge in [-0.05, 0) is 32.4 Å². The minimum Gasteiger partial charge on any atom is -0.444 e. The minimum absolute atomic E-state index is 0.484. The first kappa shape index (κ1) is 13.2. The summed E-state index contributed by atoms with van der Waals surface area (Å²) < 4.78 is 6.01. The van der Waals surface area contributed by atoms with Crippen LogP contribution in [0.1, 0.15) is 26.3 Å². The van der Waals surface area contributed by atoms with Gasteiger partial charge in [-0.3, -0.25) is 5.32 Å². The van der Waals surface area contributed by atoms with Gasteiger partial charge < -0.3 is 4.74 Å². The molecule has 0 spiro atoms. The average Bonchev–Trinajstić information content (AvgIpc) is 2.16. The first-order valence-corrected chi connectivity index (χ1v) is 6.44. The lowest BCUT2D eigenvalue weighted by molar-refractivity contribution is 0.0635. The zero-order valence-corrected chi connectivity index (χ0v) is 11.7. The van der Waals surface area contributed by atoms with E-state index in [1.807, 2.05) is 26.8 Å². The molecule has 16 heavy (non-hydrogen) atoms. The van der Waals surface area contributed by atoms with E-state index in [9.17, 15) is 4.79 Å². The molecular weight excluding hydrogens is 319 g/mol. The summed E-state index contributed by atoms with van der Waals surface area (Å²) in [7, 11) is 0. The second kappa shape index (κ2) is 5.47. The number of amides is 1. The Kier molecular flexibility index (Phi) is 4.52. The van der Waals surface area contributed by atoms with Crippen molar-refractivity contribution in [2.24, 2.45) is 0 Å². The normalized spacial score (nSPS) is 11.0. The third-order valence-corrected chi connectivity index (χ3v) is 2.49. The maximum Gasteiger partial charge on any atom is 0.413 e. The number of nitrogens with zero attached hydrogens (tertiary/aromatic N) is 1. The van der Waals surface area contributed by atoms with Gasteiger partial charge in [0.1, 0.15) is 11.4 Å². The fourth-order valence-corrected chi connectivity index (χ4v) is 1.44. The van der Waals surface area contributed by atoms with Crippen molar-refractivity contribution in [2.45, 2.75) is 30.8 Å². The first-order valence-electron chi connectivity index (χ1n) is 4.91. The number of carbonyl (C=O) groups excluding carboxylic acids is 1. The van der Waals surface area contributed by atoms with Crippen LogP contribution in [-0.2, 0) is 9.16 Å². The van der Waals surface area contributed by atoms with E-state index in [-0.39, 0.29) is 0 Å². The second-order valence-corrected chi connectivity index (χ2v) is 5.08. The largest absolute Gasteiger partial charge is 0.444 e. The van der Waals surface area contributed by atoms with Crippen LogP contribution in [-0.4, -0.2) is 16.7 Å².